The summed E-state index contributed by atoms with van der Waals surface area (Å²) in [5.74, 6) is -0.434. The molecule has 1 aromatic heterocycles. The summed E-state index contributed by atoms with van der Waals surface area (Å²) in [4.78, 5) is 28.4. The molecule has 1 heterocycles. The van der Waals surface area contributed by atoms with E-state index in [-0.39, 0.29) is 12.0 Å². The average molecular weight is 225 g/mol. The maximum atomic E-state index is 11.4. The van der Waals surface area contributed by atoms with Gasteiger partial charge >= 0.3 is 0 Å². The number of nitrogens with two attached hydrogens (primary N) is 1. The van der Waals surface area contributed by atoms with Gasteiger partial charge in [0.2, 0.25) is 5.91 Å². The summed E-state index contributed by atoms with van der Waals surface area (Å²) in [6, 6.07) is 0. The second kappa shape index (κ2) is 5.35. The smallest absolute Gasteiger partial charge is 0.258 e. The van der Waals surface area contributed by atoms with E-state index >= 15 is 0 Å². The zero-order valence-corrected chi connectivity index (χ0v) is 9.00. The summed E-state index contributed by atoms with van der Waals surface area (Å²) >= 11 is 1.36. The molecule has 1 amide bonds. The number of hydrogen-bond donors (Lipinski definition) is 2. The number of primary amides is 1. The number of nitrogens with zero attached hydrogens (tertiary/aromatic N) is 1. The number of nitrogens with one attached hydrogen (secondary N) is 1. The van der Waals surface area contributed by atoms with Crippen LogP contribution in [-0.2, 0) is 4.79 Å². The number of H-pyrrole nitrogens is 1. The van der Waals surface area contributed by atoms with Gasteiger partial charge in [-0.05, 0) is 6.26 Å². The summed E-state index contributed by atoms with van der Waals surface area (Å²) in [5, 5.41) is 0.562. The molecule has 0 saturated carbocycles. The lowest BCUT2D eigenvalue weighted by Crippen LogP contribution is -2.11. The maximum Gasteiger partial charge on any atom is 0.258 e. The molecule has 0 aliphatic heterocycles. The fourth-order valence-electron chi connectivity index (χ4n) is 0.913. The molecule has 0 aliphatic carbocycles. The first kappa shape index (κ1) is 11.5. The number of aromatic nitrogens is 2. The third kappa shape index (κ3) is 3.59. The Bertz CT molecular complexity index is 439. The van der Waals surface area contributed by atoms with Crippen LogP contribution >= 0.6 is 11.8 Å². The van der Waals surface area contributed by atoms with Crippen molar-refractivity contribution in [2.45, 2.75) is 11.6 Å². The highest BCUT2D eigenvalue weighted by Gasteiger charge is 1.98. The van der Waals surface area contributed by atoms with Crippen LogP contribution in [-0.4, -0.2) is 22.1 Å². The first-order valence-electron chi connectivity index (χ1n) is 4.21. The molecule has 80 valence electrons. The lowest BCUT2D eigenvalue weighted by molar-refractivity contribution is -0.117. The molecule has 0 unspecified atom stereocenters. The first-order chi connectivity index (χ1) is 7.13. The number of hydrogen-bond acceptors (Lipinski definition) is 4. The van der Waals surface area contributed by atoms with Crippen molar-refractivity contribution in [1.29, 1.82) is 0 Å². The van der Waals surface area contributed by atoms with E-state index < -0.39 is 5.91 Å². The molecular formula is C9H11N3O2S. The lowest BCUT2D eigenvalue weighted by Gasteiger charge is -1.95. The largest absolute Gasteiger partial charge is 0.369 e. The highest BCUT2D eigenvalue weighted by Crippen LogP contribution is 2.04. The van der Waals surface area contributed by atoms with Gasteiger partial charge in [-0.25, -0.2) is 4.98 Å². The lowest BCUT2D eigenvalue weighted by atomic mass is 10.2. The van der Waals surface area contributed by atoms with Gasteiger partial charge < -0.3 is 10.7 Å². The van der Waals surface area contributed by atoms with Crippen LogP contribution in [0.3, 0.4) is 0 Å². The topological polar surface area (TPSA) is 88.8 Å². The number of rotatable bonds is 4. The van der Waals surface area contributed by atoms with Gasteiger partial charge in [0.1, 0.15) is 0 Å². The molecule has 0 aliphatic rings. The van der Waals surface area contributed by atoms with Crippen LogP contribution in [0.4, 0.5) is 0 Å². The molecule has 0 spiro atoms. The molecule has 1 rings (SSSR count). The van der Waals surface area contributed by atoms with E-state index in [0.29, 0.717) is 10.7 Å². The van der Waals surface area contributed by atoms with Gasteiger partial charge in [-0.2, -0.15) is 0 Å². The van der Waals surface area contributed by atoms with Crippen LogP contribution < -0.4 is 11.3 Å². The van der Waals surface area contributed by atoms with E-state index in [1.165, 1.54) is 30.1 Å². The molecule has 0 saturated heterocycles. The van der Waals surface area contributed by atoms with Crippen LogP contribution in [0.1, 0.15) is 12.0 Å². The zero-order chi connectivity index (χ0) is 11.3. The minimum atomic E-state index is -0.434. The van der Waals surface area contributed by atoms with E-state index in [1.807, 2.05) is 6.26 Å². The second-order valence-corrected chi connectivity index (χ2v) is 3.54. The number of thioether (sulfide) groups is 1. The summed E-state index contributed by atoms with van der Waals surface area (Å²) in [6.07, 6.45) is 6.46. The van der Waals surface area contributed by atoms with Crippen molar-refractivity contribution in [3.8, 4) is 0 Å². The molecule has 0 aromatic carbocycles. The van der Waals surface area contributed by atoms with Crippen LogP contribution in [0.5, 0.6) is 0 Å². The Balaban J connectivity index is 2.83. The predicted octanol–water partition coefficient (Wildman–Crippen LogP) is 0.380. The van der Waals surface area contributed by atoms with Crippen LogP contribution in [0.2, 0.25) is 0 Å². The third-order valence-corrected chi connectivity index (χ3v) is 2.21. The van der Waals surface area contributed by atoms with Crippen LogP contribution in [0.15, 0.2) is 22.2 Å². The Kier molecular flexibility index (Phi) is 4.11. The van der Waals surface area contributed by atoms with Crippen LogP contribution in [0.25, 0.3) is 6.08 Å². The molecule has 0 fully saturated rings. The van der Waals surface area contributed by atoms with Crippen LogP contribution in [0, 0.1) is 0 Å². The van der Waals surface area contributed by atoms with Crippen molar-refractivity contribution in [1.82, 2.24) is 9.97 Å². The average Bonchev–Trinajstić information content (AvgIpc) is 2.20. The second-order valence-electron chi connectivity index (χ2n) is 2.75. The van der Waals surface area contributed by atoms with Gasteiger partial charge in [0.25, 0.3) is 5.56 Å². The molecule has 3 N–H and O–H groups in total. The molecule has 1 aromatic rings. The van der Waals surface area contributed by atoms with Crippen molar-refractivity contribution in [3.05, 3.63) is 28.2 Å². The van der Waals surface area contributed by atoms with Crippen molar-refractivity contribution >= 4 is 23.7 Å². The molecular weight excluding hydrogens is 214 g/mol. The number of aromatic amines is 1. The third-order valence-electron chi connectivity index (χ3n) is 1.61. The number of carbonyl (C=O) groups excluding carboxylic acids is 1. The monoisotopic (exact) mass is 225 g/mol. The maximum absolute atomic E-state index is 11.4. The fourth-order valence-corrected chi connectivity index (χ4v) is 1.27. The van der Waals surface area contributed by atoms with Crippen molar-refractivity contribution in [2.24, 2.45) is 5.73 Å². The predicted molar refractivity (Wildman–Crippen MR) is 59.5 cm³/mol. The summed E-state index contributed by atoms with van der Waals surface area (Å²) in [6.45, 7) is 0. The minimum Gasteiger partial charge on any atom is -0.369 e. The van der Waals surface area contributed by atoms with E-state index in [2.05, 4.69) is 9.97 Å². The molecule has 5 nitrogen and oxygen atoms in total. The number of amides is 1. The van der Waals surface area contributed by atoms with E-state index in [1.54, 1.807) is 0 Å². The molecule has 0 bridgehead atoms. The van der Waals surface area contributed by atoms with Crippen molar-refractivity contribution in [3.63, 3.8) is 0 Å². The van der Waals surface area contributed by atoms with E-state index in [0.717, 1.165) is 0 Å². The highest BCUT2D eigenvalue weighted by molar-refractivity contribution is 7.98. The van der Waals surface area contributed by atoms with Crippen molar-refractivity contribution in [2.75, 3.05) is 6.26 Å². The Morgan fingerprint density at radius 3 is 3.00 bits per heavy atom. The van der Waals surface area contributed by atoms with Gasteiger partial charge in [0, 0.05) is 12.6 Å². The fraction of sp³-hybridized carbons (Fsp3) is 0.222. The van der Waals surface area contributed by atoms with Gasteiger partial charge in [-0.3, -0.25) is 9.59 Å². The van der Waals surface area contributed by atoms with Gasteiger partial charge in [0.05, 0.1) is 5.56 Å². The van der Waals surface area contributed by atoms with Gasteiger partial charge in [0.15, 0.2) is 5.16 Å². The molecule has 0 atom stereocenters. The Labute approximate surface area is 90.8 Å². The Morgan fingerprint density at radius 2 is 2.47 bits per heavy atom. The summed E-state index contributed by atoms with van der Waals surface area (Å²) in [7, 11) is 0. The molecule has 6 heteroatoms. The van der Waals surface area contributed by atoms with Gasteiger partial charge in [-0.1, -0.05) is 23.9 Å². The molecule has 0 radical (unpaired) electrons. The number of carbonyl (C=O) groups is 1. The van der Waals surface area contributed by atoms with E-state index in [4.69, 9.17) is 5.73 Å². The quantitative estimate of drug-likeness (QED) is 0.572. The van der Waals surface area contributed by atoms with E-state index in [9.17, 15) is 9.59 Å². The standard InChI is InChI=1S/C9H11N3O2S/c1-15-9-11-5-6(8(14)12-9)3-2-4-7(10)13/h2-3,5H,4H2,1H3,(H2,10,13)(H,11,12,14). The zero-order valence-electron chi connectivity index (χ0n) is 8.19. The SMILES string of the molecule is CSc1ncc(C=CCC(N)=O)c(=O)[nH]1. The minimum absolute atomic E-state index is 0.115. The Morgan fingerprint density at radius 1 is 1.73 bits per heavy atom. The Hall–Kier alpha value is -1.56. The normalized spacial score (nSPS) is 10.7. The van der Waals surface area contributed by atoms with Crippen molar-refractivity contribution < 1.29 is 4.79 Å². The highest BCUT2D eigenvalue weighted by atomic mass is 32.2. The summed E-state index contributed by atoms with van der Waals surface area (Å²) in [5.41, 5.74) is 5.13. The molecule has 15 heavy (non-hydrogen) atoms. The van der Waals surface area contributed by atoms with Gasteiger partial charge in [-0.15, -0.1) is 0 Å². The summed E-state index contributed by atoms with van der Waals surface area (Å²) < 4.78 is 0. The first-order valence-corrected chi connectivity index (χ1v) is 5.44.